The second kappa shape index (κ2) is 6.28. The summed E-state index contributed by atoms with van der Waals surface area (Å²) < 4.78 is 29.2. The van der Waals surface area contributed by atoms with Crippen molar-refractivity contribution in [3.63, 3.8) is 0 Å². The van der Waals surface area contributed by atoms with Gasteiger partial charge in [-0.25, -0.2) is 13.1 Å². The lowest BCUT2D eigenvalue weighted by molar-refractivity contribution is -0.384. The van der Waals surface area contributed by atoms with Gasteiger partial charge in [-0.3, -0.25) is 14.9 Å². The topological polar surface area (TPSA) is 119 Å². The number of nitrogens with one attached hydrogen (secondary N) is 1. The standard InChI is InChI=1S/C12H15N3O6S/c1-22(19,20)13-12(16)9-2-3-10(15(17)18)11(8-9)14-4-6-21-7-5-14/h2-3,8H,4-7H2,1H3,(H,13,16). The van der Waals surface area contributed by atoms with Crippen molar-refractivity contribution in [2.24, 2.45) is 0 Å². The Morgan fingerprint density at radius 1 is 1.36 bits per heavy atom. The molecule has 9 nitrogen and oxygen atoms in total. The summed E-state index contributed by atoms with van der Waals surface area (Å²) in [7, 11) is -3.70. The molecule has 0 unspecified atom stereocenters. The molecule has 0 saturated carbocycles. The second-order valence-electron chi connectivity index (χ2n) is 4.76. The van der Waals surface area contributed by atoms with E-state index < -0.39 is 20.9 Å². The van der Waals surface area contributed by atoms with E-state index in [0.29, 0.717) is 26.3 Å². The van der Waals surface area contributed by atoms with Gasteiger partial charge in [-0.2, -0.15) is 0 Å². The van der Waals surface area contributed by atoms with E-state index >= 15 is 0 Å². The number of sulfonamides is 1. The van der Waals surface area contributed by atoms with Crippen LogP contribution in [0.1, 0.15) is 10.4 Å². The van der Waals surface area contributed by atoms with Gasteiger partial charge in [0, 0.05) is 24.7 Å². The summed E-state index contributed by atoms with van der Waals surface area (Å²) in [6.07, 6.45) is 0.860. The molecule has 1 fully saturated rings. The van der Waals surface area contributed by atoms with Gasteiger partial charge in [-0.1, -0.05) is 0 Å². The maximum atomic E-state index is 11.9. The number of morpholine rings is 1. The molecule has 0 aliphatic carbocycles. The Morgan fingerprint density at radius 3 is 2.55 bits per heavy atom. The third-order valence-electron chi connectivity index (χ3n) is 3.06. The number of carbonyl (C=O) groups is 1. The van der Waals surface area contributed by atoms with E-state index in [1.165, 1.54) is 18.2 Å². The Morgan fingerprint density at radius 2 is 2.00 bits per heavy atom. The van der Waals surface area contributed by atoms with Crippen LogP contribution in [-0.4, -0.2) is 51.8 Å². The molecule has 1 aliphatic rings. The van der Waals surface area contributed by atoms with Crippen LogP contribution >= 0.6 is 0 Å². The van der Waals surface area contributed by atoms with Gasteiger partial charge in [-0.15, -0.1) is 0 Å². The summed E-state index contributed by atoms with van der Waals surface area (Å²) in [5, 5.41) is 11.1. The number of amides is 1. The van der Waals surface area contributed by atoms with Crippen LogP contribution in [0, 0.1) is 10.1 Å². The Hall–Kier alpha value is -2.20. The summed E-state index contributed by atoms with van der Waals surface area (Å²) in [5.74, 6) is -0.827. The highest BCUT2D eigenvalue weighted by atomic mass is 32.2. The highest BCUT2D eigenvalue weighted by molar-refractivity contribution is 7.89. The fraction of sp³-hybridized carbons (Fsp3) is 0.417. The first-order chi connectivity index (χ1) is 10.3. The first-order valence-corrected chi connectivity index (χ1v) is 8.30. The van der Waals surface area contributed by atoms with Gasteiger partial charge in [-0.05, 0) is 12.1 Å². The van der Waals surface area contributed by atoms with Crippen molar-refractivity contribution in [1.29, 1.82) is 0 Å². The lowest BCUT2D eigenvalue weighted by Gasteiger charge is -2.28. The van der Waals surface area contributed by atoms with Gasteiger partial charge in [0.15, 0.2) is 0 Å². The number of hydrogen-bond donors (Lipinski definition) is 1. The van der Waals surface area contributed by atoms with E-state index in [1.807, 2.05) is 4.72 Å². The first kappa shape index (κ1) is 16.2. The molecule has 0 aromatic heterocycles. The fourth-order valence-electron chi connectivity index (χ4n) is 2.10. The van der Waals surface area contributed by atoms with E-state index in [0.717, 1.165) is 6.26 Å². The van der Waals surface area contributed by atoms with Crippen LogP contribution in [-0.2, 0) is 14.8 Å². The van der Waals surface area contributed by atoms with E-state index in [2.05, 4.69) is 0 Å². The Balaban J connectivity index is 2.38. The van der Waals surface area contributed by atoms with Crippen molar-refractivity contribution in [2.75, 3.05) is 37.5 Å². The van der Waals surface area contributed by atoms with Crippen LogP contribution < -0.4 is 9.62 Å². The van der Waals surface area contributed by atoms with Crippen molar-refractivity contribution in [1.82, 2.24) is 4.72 Å². The monoisotopic (exact) mass is 329 g/mol. The number of nitrogens with zero attached hydrogens (tertiary/aromatic N) is 2. The SMILES string of the molecule is CS(=O)(=O)NC(=O)c1ccc([N+](=O)[O-])c(N2CCOCC2)c1. The van der Waals surface area contributed by atoms with E-state index in [4.69, 9.17) is 4.74 Å². The molecule has 0 radical (unpaired) electrons. The summed E-state index contributed by atoms with van der Waals surface area (Å²) in [6.45, 7) is 1.77. The minimum Gasteiger partial charge on any atom is -0.378 e. The Labute approximate surface area is 127 Å². The molecule has 1 aliphatic heterocycles. The number of ether oxygens (including phenoxy) is 1. The van der Waals surface area contributed by atoms with Gasteiger partial charge >= 0.3 is 0 Å². The predicted octanol–water partition coefficient (Wildman–Crippen LogP) is 0.121. The molecular formula is C12H15N3O6S. The Kier molecular flexibility index (Phi) is 4.62. The summed E-state index contributed by atoms with van der Waals surface area (Å²) in [4.78, 5) is 24.2. The van der Waals surface area contributed by atoms with Gasteiger partial charge in [0.2, 0.25) is 10.0 Å². The summed E-state index contributed by atoms with van der Waals surface area (Å²) >= 11 is 0. The largest absolute Gasteiger partial charge is 0.378 e. The van der Waals surface area contributed by atoms with Gasteiger partial charge < -0.3 is 9.64 Å². The molecule has 10 heteroatoms. The van der Waals surface area contributed by atoms with E-state index in [9.17, 15) is 23.3 Å². The van der Waals surface area contributed by atoms with Crippen LogP contribution in [0.2, 0.25) is 0 Å². The fourth-order valence-corrected chi connectivity index (χ4v) is 2.56. The van der Waals surface area contributed by atoms with Gasteiger partial charge in [0.05, 0.1) is 24.4 Å². The molecule has 1 aromatic rings. The first-order valence-electron chi connectivity index (χ1n) is 6.41. The molecule has 1 N–H and O–H groups in total. The molecule has 1 amide bonds. The van der Waals surface area contributed by atoms with Gasteiger partial charge in [0.25, 0.3) is 11.6 Å². The minimum absolute atomic E-state index is 0.0394. The van der Waals surface area contributed by atoms with Crippen molar-refractivity contribution in [3.8, 4) is 0 Å². The highest BCUT2D eigenvalue weighted by Crippen LogP contribution is 2.30. The van der Waals surface area contributed by atoms with Crippen LogP contribution in [0.15, 0.2) is 18.2 Å². The summed E-state index contributed by atoms with van der Waals surface area (Å²) in [5.41, 5.74) is 0.171. The quantitative estimate of drug-likeness (QED) is 0.615. The lowest BCUT2D eigenvalue weighted by atomic mass is 10.1. The van der Waals surface area contributed by atoms with Crippen molar-refractivity contribution in [3.05, 3.63) is 33.9 Å². The molecule has 1 saturated heterocycles. The highest BCUT2D eigenvalue weighted by Gasteiger charge is 2.23. The maximum Gasteiger partial charge on any atom is 0.292 e. The number of rotatable bonds is 4. The summed E-state index contributed by atoms with van der Waals surface area (Å²) in [6, 6.07) is 3.74. The van der Waals surface area contributed by atoms with Crippen LogP contribution in [0.4, 0.5) is 11.4 Å². The zero-order chi connectivity index (χ0) is 16.3. The third kappa shape index (κ3) is 3.92. The normalized spacial score (nSPS) is 15.4. The van der Waals surface area contributed by atoms with Crippen molar-refractivity contribution in [2.45, 2.75) is 0 Å². The number of hydrogen-bond acceptors (Lipinski definition) is 7. The molecule has 0 bridgehead atoms. The van der Waals surface area contributed by atoms with Crippen LogP contribution in [0.3, 0.4) is 0 Å². The average molecular weight is 329 g/mol. The van der Waals surface area contributed by atoms with Crippen molar-refractivity contribution < 1.29 is 22.9 Å². The second-order valence-corrected chi connectivity index (χ2v) is 6.51. The van der Waals surface area contributed by atoms with Gasteiger partial charge in [0.1, 0.15) is 5.69 Å². The third-order valence-corrected chi connectivity index (χ3v) is 3.62. The molecule has 1 aromatic carbocycles. The molecule has 2 rings (SSSR count). The van der Waals surface area contributed by atoms with Crippen molar-refractivity contribution >= 4 is 27.3 Å². The number of nitro benzene ring substituents is 1. The zero-order valence-electron chi connectivity index (χ0n) is 11.8. The minimum atomic E-state index is -3.70. The van der Waals surface area contributed by atoms with E-state index in [1.54, 1.807) is 4.90 Å². The molecule has 0 spiro atoms. The Bertz CT molecular complexity index is 697. The van der Waals surface area contributed by atoms with Crippen LogP contribution in [0.5, 0.6) is 0 Å². The van der Waals surface area contributed by atoms with Crippen LogP contribution in [0.25, 0.3) is 0 Å². The molecule has 0 atom stereocenters. The average Bonchev–Trinajstić information content (AvgIpc) is 2.45. The molecule has 22 heavy (non-hydrogen) atoms. The zero-order valence-corrected chi connectivity index (χ0v) is 12.6. The smallest absolute Gasteiger partial charge is 0.292 e. The lowest BCUT2D eigenvalue weighted by Crippen LogP contribution is -2.37. The predicted molar refractivity (Wildman–Crippen MR) is 78.4 cm³/mol. The van der Waals surface area contributed by atoms with E-state index in [-0.39, 0.29) is 16.9 Å². The number of benzene rings is 1. The number of anilines is 1. The number of carbonyl (C=O) groups excluding carboxylic acids is 1. The molecular weight excluding hydrogens is 314 g/mol. The maximum absolute atomic E-state index is 11.9. The molecule has 120 valence electrons. The molecule has 1 heterocycles. The number of nitro groups is 1.